The van der Waals surface area contributed by atoms with E-state index in [9.17, 15) is 22.8 Å². The Morgan fingerprint density at radius 2 is 1.75 bits per heavy atom. The summed E-state index contributed by atoms with van der Waals surface area (Å²) < 4.78 is 42.5. The molecular formula is C27H22F3N3O2S. The molecule has 1 unspecified atom stereocenters. The van der Waals surface area contributed by atoms with Gasteiger partial charge in [-0.1, -0.05) is 66.4 Å². The molecule has 0 bridgehead atoms. The molecule has 1 N–H and O–H groups in total. The first-order chi connectivity index (χ1) is 17.3. The molecule has 9 heteroatoms. The largest absolute Gasteiger partial charge is 0.416 e. The lowest BCUT2D eigenvalue weighted by atomic mass is 10.0. The third kappa shape index (κ3) is 4.35. The molecule has 0 spiro atoms. The van der Waals surface area contributed by atoms with Crippen LogP contribution in [0.4, 0.5) is 18.9 Å². The van der Waals surface area contributed by atoms with Gasteiger partial charge < -0.3 is 9.88 Å². The van der Waals surface area contributed by atoms with Crippen molar-refractivity contribution in [1.29, 1.82) is 0 Å². The van der Waals surface area contributed by atoms with Crippen LogP contribution in [0.2, 0.25) is 0 Å². The number of carbonyl (C=O) groups is 2. The van der Waals surface area contributed by atoms with Gasteiger partial charge in [-0.15, -0.1) is 0 Å². The second-order valence-corrected chi connectivity index (χ2v) is 9.47. The summed E-state index contributed by atoms with van der Waals surface area (Å²) in [4.78, 5) is 28.4. The Labute approximate surface area is 209 Å². The van der Waals surface area contributed by atoms with Crippen molar-refractivity contribution in [2.24, 2.45) is 7.05 Å². The highest BCUT2D eigenvalue weighted by Crippen LogP contribution is 2.44. The van der Waals surface area contributed by atoms with E-state index in [4.69, 9.17) is 0 Å². The van der Waals surface area contributed by atoms with E-state index < -0.39 is 29.6 Å². The molecule has 2 amide bonds. The zero-order valence-electron chi connectivity index (χ0n) is 19.3. The van der Waals surface area contributed by atoms with Crippen LogP contribution in [0.3, 0.4) is 0 Å². The Kier molecular flexibility index (Phi) is 6.26. The molecule has 0 fully saturated rings. The Morgan fingerprint density at radius 3 is 2.50 bits per heavy atom. The smallest absolute Gasteiger partial charge is 0.350 e. The lowest BCUT2D eigenvalue weighted by Gasteiger charge is -2.30. The van der Waals surface area contributed by atoms with Crippen molar-refractivity contribution in [3.8, 4) is 0 Å². The summed E-state index contributed by atoms with van der Waals surface area (Å²) in [5.74, 6) is -0.931. The minimum atomic E-state index is -4.59. The highest BCUT2D eigenvalue weighted by atomic mass is 32.2. The molecule has 0 radical (unpaired) electrons. The van der Waals surface area contributed by atoms with Crippen LogP contribution in [-0.4, -0.2) is 22.1 Å². The number of nitrogens with zero attached hydrogens (tertiary/aromatic N) is 2. The van der Waals surface area contributed by atoms with Gasteiger partial charge in [0.25, 0.3) is 0 Å². The number of alkyl halides is 3. The molecule has 1 aromatic heterocycles. The van der Waals surface area contributed by atoms with E-state index in [1.165, 1.54) is 28.8 Å². The van der Waals surface area contributed by atoms with Crippen molar-refractivity contribution in [3.63, 3.8) is 0 Å². The standard InChI is InChI=1S/C27H22F3N3O2S/c1-32-21-13-6-5-12-20(21)23-24(25(35)31-15-17-8-3-2-4-9-17)33(22(34)16-36-26(23)32)19-11-7-10-18(14-19)27(28,29)30/h2-14,24H,15-16H2,1H3,(H,31,35). The van der Waals surface area contributed by atoms with E-state index in [0.29, 0.717) is 5.56 Å². The Balaban J connectivity index is 1.67. The SMILES string of the molecule is Cn1c2c(c3ccccc31)C(C(=O)NCc1ccccc1)N(c1cccc(C(F)(F)F)c1)C(=O)CS2. The van der Waals surface area contributed by atoms with Crippen LogP contribution in [0.5, 0.6) is 0 Å². The van der Waals surface area contributed by atoms with Gasteiger partial charge in [-0.2, -0.15) is 13.2 Å². The van der Waals surface area contributed by atoms with Crippen molar-refractivity contribution in [1.82, 2.24) is 9.88 Å². The molecule has 3 aromatic carbocycles. The lowest BCUT2D eigenvalue weighted by Crippen LogP contribution is -2.44. The minimum absolute atomic E-state index is 0.0180. The molecule has 36 heavy (non-hydrogen) atoms. The van der Waals surface area contributed by atoms with Gasteiger partial charge in [0.05, 0.1) is 16.3 Å². The van der Waals surface area contributed by atoms with E-state index in [1.54, 1.807) is 0 Å². The fraction of sp³-hybridized carbons (Fsp3) is 0.185. The van der Waals surface area contributed by atoms with E-state index in [2.05, 4.69) is 5.32 Å². The number of aromatic nitrogens is 1. The van der Waals surface area contributed by atoms with Crippen LogP contribution in [0, 0.1) is 0 Å². The van der Waals surface area contributed by atoms with Gasteiger partial charge in [0.2, 0.25) is 11.8 Å². The van der Waals surface area contributed by atoms with Gasteiger partial charge in [-0.05, 0) is 29.8 Å². The van der Waals surface area contributed by atoms with Crippen molar-refractivity contribution < 1.29 is 22.8 Å². The third-order valence-corrected chi connectivity index (χ3v) is 7.39. The fourth-order valence-electron chi connectivity index (χ4n) is 4.57. The Hall–Kier alpha value is -3.72. The van der Waals surface area contributed by atoms with E-state index in [0.717, 1.165) is 33.6 Å². The number of amides is 2. The number of nitrogens with one attached hydrogen (secondary N) is 1. The average Bonchev–Trinajstić information content (AvgIpc) is 3.05. The maximum absolute atomic E-state index is 13.8. The molecule has 5 rings (SSSR count). The summed E-state index contributed by atoms with van der Waals surface area (Å²) in [6.45, 7) is 0.216. The number of aryl methyl sites for hydroxylation is 1. The average molecular weight is 510 g/mol. The number of para-hydroxylation sites is 1. The predicted molar refractivity (Wildman–Crippen MR) is 134 cm³/mol. The van der Waals surface area contributed by atoms with Crippen molar-refractivity contribution >= 4 is 40.2 Å². The van der Waals surface area contributed by atoms with Gasteiger partial charge >= 0.3 is 6.18 Å². The molecule has 0 saturated carbocycles. The number of hydrogen-bond acceptors (Lipinski definition) is 3. The molecule has 0 aliphatic carbocycles. The number of thioether (sulfide) groups is 1. The number of hydrogen-bond donors (Lipinski definition) is 1. The first kappa shape index (κ1) is 24.0. The molecule has 0 saturated heterocycles. The van der Waals surface area contributed by atoms with Crippen molar-refractivity contribution in [2.75, 3.05) is 10.7 Å². The molecule has 184 valence electrons. The lowest BCUT2D eigenvalue weighted by molar-refractivity contribution is -0.137. The van der Waals surface area contributed by atoms with Crippen molar-refractivity contribution in [3.05, 3.63) is 95.6 Å². The molecule has 1 aliphatic heterocycles. The van der Waals surface area contributed by atoms with Crippen LogP contribution >= 0.6 is 11.8 Å². The zero-order valence-corrected chi connectivity index (χ0v) is 20.1. The number of halogens is 3. The van der Waals surface area contributed by atoms with Crippen molar-refractivity contribution in [2.45, 2.75) is 23.8 Å². The third-order valence-electron chi connectivity index (χ3n) is 6.23. The predicted octanol–water partition coefficient (Wildman–Crippen LogP) is 5.69. The number of fused-ring (bicyclic) bond motifs is 3. The summed E-state index contributed by atoms with van der Waals surface area (Å²) in [5, 5.41) is 4.41. The van der Waals surface area contributed by atoms with Gasteiger partial charge in [0.15, 0.2) is 0 Å². The molecule has 5 nitrogen and oxygen atoms in total. The maximum atomic E-state index is 13.8. The van der Waals surface area contributed by atoms with Crippen LogP contribution in [0.25, 0.3) is 10.9 Å². The monoisotopic (exact) mass is 509 g/mol. The zero-order chi connectivity index (χ0) is 25.4. The quantitative estimate of drug-likeness (QED) is 0.384. The summed E-state index contributed by atoms with van der Waals surface area (Å²) in [6.07, 6.45) is -4.59. The summed E-state index contributed by atoms with van der Waals surface area (Å²) in [7, 11) is 1.86. The highest BCUT2D eigenvalue weighted by Gasteiger charge is 2.40. The molecule has 1 atom stereocenters. The highest BCUT2D eigenvalue weighted by molar-refractivity contribution is 8.00. The molecular weight excluding hydrogens is 487 g/mol. The van der Waals surface area contributed by atoms with Crippen LogP contribution in [0.1, 0.15) is 22.7 Å². The number of anilines is 1. The van der Waals surface area contributed by atoms with Crippen LogP contribution < -0.4 is 10.2 Å². The number of rotatable bonds is 4. The van der Waals surface area contributed by atoms with Gasteiger partial charge in [0, 0.05) is 35.7 Å². The maximum Gasteiger partial charge on any atom is 0.416 e. The van der Waals surface area contributed by atoms with Gasteiger partial charge in [-0.3, -0.25) is 14.5 Å². The fourth-order valence-corrected chi connectivity index (χ4v) is 5.63. The summed E-state index contributed by atoms with van der Waals surface area (Å²) in [5.41, 5.74) is 1.48. The normalized spacial score (nSPS) is 16.1. The van der Waals surface area contributed by atoms with Crippen LogP contribution in [-0.2, 0) is 29.4 Å². The van der Waals surface area contributed by atoms with Gasteiger partial charge in [-0.25, -0.2) is 0 Å². The minimum Gasteiger partial charge on any atom is -0.350 e. The summed E-state index contributed by atoms with van der Waals surface area (Å²) in [6, 6.07) is 20.2. The second kappa shape index (κ2) is 9.39. The number of carbonyl (C=O) groups excluding carboxylic acids is 2. The first-order valence-electron chi connectivity index (χ1n) is 11.3. The Morgan fingerprint density at radius 1 is 1.03 bits per heavy atom. The molecule has 4 aromatic rings. The van der Waals surface area contributed by atoms with Gasteiger partial charge in [0.1, 0.15) is 6.04 Å². The topological polar surface area (TPSA) is 54.3 Å². The first-order valence-corrected chi connectivity index (χ1v) is 12.3. The van der Waals surface area contributed by atoms with E-state index in [1.807, 2.05) is 66.2 Å². The van der Waals surface area contributed by atoms with E-state index in [-0.39, 0.29) is 18.0 Å². The Bertz CT molecular complexity index is 1450. The summed E-state index contributed by atoms with van der Waals surface area (Å²) >= 11 is 1.28. The van der Waals surface area contributed by atoms with Crippen LogP contribution in [0.15, 0.2) is 83.9 Å². The van der Waals surface area contributed by atoms with E-state index >= 15 is 0 Å². The second-order valence-electron chi connectivity index (χ2n) is 8.50. The molecule has 1 aliphatic rings. The molecule has 2 heterocycles. The number of benzene rings is 3.